The SMILES string of the molecule is CC(C)(C)OC(=O)Nc1ncsc1Cc1ccnc(NCc2ccccc2)c1. The fourth-order valence-corrected chi connectivity index (χ4v) is 3.30. The zero-order valence-electron chi connectivity index (χ0n) is 16.2. The molecule has 0 aliphatic rings. The number of carbonyl (C=O) groups is 1. The Hall–Kier alpha value is -2.93. The van der Waals surface area contributed by atoms with Crippen molar-refractivity contribution in [1.29, 1.82) is 0 Å². The first-order valence-electron chi connectivity index (χ1n) is 9.04. The monoisotopic (exact) mass is 396 g/mol. The maximum absolute atomic E-state index is 12.0. The van der Waals surface area contributed by atoms with Crippen LogP contribution in [-0.2, 0) is 17.7 Å². The molecule has 146 valence electrons. The van der Waals surface area contributed by atoms with Gasteiger partial charge < -0.3 is 10.1 Å². The normalized spacial score (nSPS) is 11.1. The lowest BCUT2D eigenvalue weighted by atomic mass is 10.1. The van der Waals surface area contributed by atoms with Crippen LogP contribution in [0.1, 0.15) is 36.8 Å². The van der Waals surface area contributed by atoms with Crippen molar-refractivity contribution in [1.82, 2.24) is 9.97 Å². The molecule has 0 aliphatic heterocycles. The number of pyridine rings is 1. The predicted molar refractivity (Wildman–Crippen MR) is 113 cm³/mol. The minimum Gasteiger partial charge on any atom is -0.444 e. The van der Waals surface area contributed by atoms with Gasteiger partial charge in [-0.3, -0.25) is 5.32 Å². The Morgan fingerprint density at radius 2 is 1.89 bits per heavy atom. The largest absolute Gasteiger partial charge is 0.444 e. The Morgan fingerprint density at radius 3 is 2.64 bits per heavy atom. The van der Waals surface area contributed by atoms with Crippen molar-refractivity contribution in [2.45, 2.75) is 39.3 Å². The minimum absolute atomic E-state index is 0.500. The van der Waals surface area contributed by atoms with Gasteiger partial charge in [0.2, 0.25) is 0 Å². The number of benzene rings is 1. The lowest BCUT2D eigenvalue weighted by Gasteiger charge is -2.19. The molecule has 0 unspecified atom stereocenters. The molecule has 0 fully saturated rings. The topological polar surface area (TPSA) is 76.1 Å². The maximum Gasteiger partial charge on any atom is 0.413 e. The lowest BCUT2D eigenvalue weighted by molar-refractivity contribution is 0.0635. The molecule has 0 aliphatic carbocycles. The number of nitrogens with zero attached hydrogens (tertiary/aromatic N) is 2. The van der Waals surface area contributed by atoms with Crippen LogP contribution in [0.5, 0.6) is 0 Å². The van der Waals surface area contributed by atoms with Gasteiger partial charge in [-0.15, -0.1) is 11.3 Å². The lowest BCUT2D eigenvalue weighted by Crippen LogP contribution is -2.27. The first kappa shape index (κ1) is 19.8. The fraction of sp³-hybridized carbons (Fsp3) is 0.286. The third kappa shape index (κ3) is 6.06. The number of hydrogen-bond donors (Lipinski definition) is 2. The Labute approximate surface area is 169 Å². The number of rotatable bonds is 6. The van der Waals surface area contributed by atoms with Gasteiger partial charge in [0.15, 0.2) is 0 Å². The van der Waals surface area contributed by atoms with Crippen molar-refractivity contribution >= 4 is 29.1 Å². The van der Waals surface area contributed by atoms with E-state index in [0.717, 1.165) is 16.3 Å². The Kier molecular flexibility index (Phi) is 6.26. The van der Waals surface area contributed by atoms with Crippen molar-refractivity contribution in [2.75, 3.05) is 10.6 Å². The summed E-state index contributed by atoms with van der Waals surface area (Å²) in [5, 5.41) is 6.08. The van der Waals surface area contributed by atoms with Crippen LogP contribution < -0.4 is 10.6 Å². The summed E-state index contributed by atoms with van der Waals surface area (Å²) in [4.78, 5) is 21.6. The molecule has 1 amide bonds. The summed E-state index contributed by atoms with van der Waals surface area (Å²) >= 11 is 1.50. The van der Waals surface area contributed by atoms with Crippen LogP contribution in [0.15, 0.2) is 54.2 Å². The third-order valence-corrected chi connectivity index (χ3v) is 4.60. The number of hydrogen-bond acceptors (Lipinski definition) is 6. The zero-order valence-corrected chi connectivity index (χ0v) is 17.0. The molecule has 3 aromatic rings. The Morgan fingerprint density at radius 1 is 1.11 bits per heavy atom. The van der Waals surface area contributed by atoms with E-state index in [1.807, 2.05) is 51.1 Å². The molecule has 6 nitrogen and oxygen atoms in total. The smallest absolute Gasteiger partial charge is 0.413 e. The fourth-order valence-electron chi connectivity index (χ4n) is 2.55. The number of aromatic nitrogens is 2. The van der Waals surface area contributed by atoms with Crippen LogP contribution in [0.4, 0.5) is 16.4 Å². The van der Waals surface area contributed by atoms with Crippen LogP contribution in [0.3, 0.4) is 0 Å². The Bertz CT molecular complexity index is 919. The first-order valence-corrected chi connectivity index (χ1v) is 9.92. The zero-order chi connectivity index (χ0) is 20.0. The number of carbonyl (C=O) groups excluding carboxylic acids is 1. The molecular weight excluding hydrogens is 372 g/mol. The van der Waals surface area contributed by atoms with Crippen molar-refractivity contribution in [3.05, 3.63) is 70.2 Å². The van der Waals surface area contributed by atoms with Crippen LogP contribution in [0, 0.1) is 0 Å². The molecule has 2 aromatic heterocycles. The van der Waals surface area contributed by atoms with E-state index in [1.54, 1.807) is 11.7 Å². The third-order valence-electron chi connectivity index (χ3n) is 3.77. The molecule has 7 heteroatoms. The van der Waals surface area contributed by atoms with E-state index in [-0.39, 0.29) is 0 Å². The van der Waals surface area contributed by atoms with E-state index in [2.05, 4.69) is 32.7 Å². The molecule has 0 saturated carbocycles. The molecular formula is C21H24N4O2S. The minimum atomic E-state index is -0.551. The molecule has 0 bridgehead atoms. The van der Waals surface area contributed by atoms with Crippen molar-refractivity contribution in [3.8, 4) is 0 Å². The number of thiazole rings is 1. The highest BCUT2D eigenvalue weighted by atomic mass is 32.1. The van der Waals surface area contributed by atoms with Crippen molar-refractivity contribution in [2.24, 2.45) is 0 Å². The number of anilines is 2. The number of amides is 1. The van der Waals surface area contributed by atoms with E-state index < -0.39 is 11.7 Å². The van der Waals surface area contributed by atoms with Crippen LogP contribution in [0.2, 0.25) is 0 Å². The molecule has 3 rings (SSSR count). The van der Waals surface area contributed by atoms with Crippen LogP contribution in [0.25, 0.3) is 0 Å². The number of ether oxygens (including phenoxy) is 1. The van der Waals surface area contributed by atoms with Gasteiger partial charge in [0.05, 0.1) is 10.4 Å². The molecule has 0 radical (unpaired) electrons. The van der Waals surface area contributed by atoms with E-state index in [4.69, 9.17) is 4.74 Å². The second-order valence-electron chi connectivity index (χ2n) is 7.32. The molecule has 1 aromatic carbocycles. The van der Waals surface area contributed by atoms with Gasteiger partial charge >= 0.3 is 6.09 Å². The van der Waals surface area contributed by atoms with Crippen LogP contribution in [-0.4, -0.2) is 21.7 Å². The van der Waals surface area contributed by atoms with Gasteiger partial charge in [-0.2, -0.15) is 0 Å². The average molecular weight is 397 g/mol. The van der Waals surface area contributed by atoms with Crippen molar-refractivity contribution < 1.29 is 9.53 Å². The van der Waals surface area contributed by atoms with E-state index in [9.17, 15) is 4.79 Å². The summed E-state index contributed by atoms with van der Waals surface area (Å²) in [7, 11) is 0. The number of nitrogens with one attached hydrogen (secondary N) is 2. The van der Waals surface area contributed by atoms with E-state index >= 15 is 0 Å². The maximum atomic E-state index is 12.0. The van der Waals surface area contributed by atoms with Gasteiger partial charge in [0.25, 0.3) is 0 Å². The van der Waals surface area contributed by atoms with Gasteiger partial charge in [-0.1, -0.05) is 30.3 Å². The van der Waals surface area contributed by atoms with Crippen LogP contribution >= 0.6 is 11.3 Å². The highest BCUT2D eigenvalue weighted by molar-refractivity contribution is 7.10. The predicted octanol–water partition coefficient (Wildman–Crippen LogP) is 5.09. The molecule has 0 spiro atoms. The van der Waals surface area contributed by atoms with E-state index in [1.165, 1.54) is 16.9 Å². The quantitative estimate of drug-likeness (QED) is 0.607. The molecule has 0 atom stereocenters. The molecule has 28 heavy (non-hydrogen) atoms. The van der Waals surface area contributed by atoms with Gasteiger partial charge in [-0.05, 0) is 44.0 Å². The summed E-state index contributed by atoms with van der Waals surface area (Å²) in [5.74, 6) is 1.35. The van der Waals surface area contributed by atoms with Gasteiger partial charge in [0.1, 0.15) is 17.2 Å². The highest BCUT2D eigenvalue weighted by Crippen LogP contribution is 2.24. The molecule has 0 saturated heterocycles. The second-order valence-corrected chi connectivity index (χ2v) is 8.26. The van der Waals surface area contributed by atoms with Gasteiger partial charge in [-0.25, -0.2) is 14.8 Å². The molecule has 2 N–H and O–H groups in total. The van der Waals surface area contributed by atoms with Crippen molar-refractivity contribution in [3.63, 3.8) is 0 Å². The summed E-state index contributed by atoms with van der Waals surface area (Å²) in [6, 6.07) is 14.2. The standard InChI is InChI=1S/C21H24N4O2S/c1-21(2,3)27-20(26)25-19-17(28-14-24-19)11-16-9-10-22-18(12-16)23-13-15-7-5-4-6-8-15/h4-10,12,14H,11,13H2,1-3H3,(H,22,23)(H,25,26). The Balaban J connectivity index is 1.63. The average Bonchev–Trinajstić information content (AvgIpc) is 3.06. The summed E-state index contributed by atoms with van der Waals surface area (Å²) in [6.07, 6.45) is 1.93. The highest BCUT2D eigenvalue weighted by Gasteiger charge is 2.18. The summed E-state index contributed by atoms with van der Waals surface area (Å²) in [6.45, 7) is 6.20. The molecule has 2 heterocycles. The van der Waals surface area contributed by atoms with Gasteiger partial charge in [0, 0.05) is 19.2 Å². The second kappa shape index (κ2) is 8.84. The summed E-state index contributed by atoms with van der Waals surface area (Å²) in [5.41, 5.74) is 3.45. The van der Waals surface area contributed by atoms with E-state index in [0.29, 0.717) is 18.8 Å². The first-order chi connectivity index (χ1) is 13.4. The summed E-state index contributed by atoms with van der Waals surface area (Å²) < 4.78 is 5.30.